The number of carbonyl (C=O) groups is 1. The van der Waals surface area contributed by atoms with Gasteiger partial charge in [0.05, 0.1) is 5.52 Å². The molecule has 1 amide bonds. The van der Waals surface area contributed by atoms with E-state index < -0.39 is 11.9 Å². The molecule has 0 atom stereocenters. The fourth-order valence-electron chi connectivity index (χ4n) is 4.07. The van der Waals surface area contributed by atoms with Crippen molar-refractivity contribution >= 4 is 34.1 Å². The largest absolute Gasteiger partial charge is 0.433 e. The normalized spacial score (nSPS) is 19.1. The third kappa shape index (κ3) is 5.40. The number of nitrogens with one attached hydrogen (secondary N) is 3. The summed E-state index contributed by atoms with van der Waals surface area (Å²) < 4.78 is 40.0. The van der Waals surface area contributed by atoms with Gasteiger partial charge >= 0.3 is 6.18 Å². The van der Waals surface area contributed by atoms with Gasteiger partial charge in [-0.15, -0.1) is 0 Å². The fraction of sp³-hybridized carbons (Fsp3) is 0.435. The number of pyridine rings is 1. The minimum Gasteiger partial charge on any atom is -0.382 e. The van der Waals surface area contributed by atoms with Crippen molar-refractivity contribution in [3.63, 3.8) is 0 Å². The molecular formula is C23H25ClF3N5O. The van der Waals surface area contributed by atoms with Crippen molar-refractivity contribution in [2.45, 2.75) is 63.7 Å². The van der Waals surface area contributed by atoms with Crippen LogP contribution < -0.4 is 10.6 Å². The minimum atomic E-state index is -4.55. The first-order valence-electron chi connectivity index (χ1n) is 10.9. The Hall–Kier alpha value is -2.81. The average molecular weight is 480 g/mol. The summed E-state index contributed by atoms with van der Waals surface area (Å²) in [6.07, 6.45) is -1.72. The molecule has 3 aromatic rings. The molecule has 176 valence electrons. The number of hydrogen-bond donors (Lipinski definition) is 3. The van der Waals surface area contributed by atoms with Gasteiger partial charge in [0, 0.05) is 33.9 Å². The number of hydrogen-bond acceptors (Lipinski definition) is 4. The highest BCUT2D eigenvalue weighted by Crippen LogP contribution is 2.35. The average Bonchev–Trinajstić information content (AvgIpc) is 3.25. The van der Waals surface area contributed by atoms with Gasteiger partial charge in [0.2, 0.25) is 0 Å². The van der Waals surface area contributed by atoms with Crippen molar-refractivity contribution in [2.75, 3.05) is 5.32 Å². The van der Waals surface area contributed by atoms with E-state index in [1.54, 1.807) is 12.1 Å². The number of aromatic amines is 1. The van der Waals surface area contributed by atoms with Gasteiger partial charge in [-0.3, -0.25) is 9.89 Å². The van der Waals surface area contributed by atoms with Gasteiger partial charge in [-0.25, -0.2) is 4.98 Å². The first-order chi connectivity index (χ1) is 15.6. The number of nitrogens with zero attached hydrogens (tertiary/aromatic N) is 2. The van der Waals surface area contributed by atoms with Crippen molar-refractivity contribution < 1.29 is 18.0 Å². The number of anilines is 1. The molecule has 0 spiro atoms. The van der Waals surface area contributed by atoms with Gasteiger partial charge in [0.15, 0.2) is 0 Å². The molecule has 1 saturated carbocycles. The van der Waals surface area contributed by atoms with E-state index in [0.717, 1.165) is 11.8 Å². The van der Waals surface area contributed by atoms with Crippen LogP contribution in [0.2, 0.25) is 5.02 Å². The van der Waals surface area contributed by atoms with Gasteiger partial charge in [0.1, 0.15) is 11.4 Å². The third-order valence-corrected chi connectivity index (χ3v) is 6.17. The number of carbonyl (C=O) groups excluding carboxylic acids is 1. The summed E-state index contributed by atoms with van der Waals surface area (Å²) in [7, 11) is 0. The topological polar surface area (TPSA) is 82.7 Å². The van der Waals surface area contributed by atoms with E-state index >= 15 is 0 Å². The number of amides is 1. The molecule has 1 aliphatic carbocycles. The Bertz CT molecular complexity index is 1150. The highest BCUT2D eigenvalue weighted by molar-refractivity contribution is 6.31. The van der Waals surface area contributed by atoms with Gasteiger partial charge in [-0.2, -0.15) is 18.3 Å². The molecule has 2 aromatic heterocycles. The maximum atomic E-state index is 13.3. The lowest BCUT2D eigenvalue weighted by Gasteiger charge is -2.30. The second-order valence-corrected chi connectivity index (χ2v) is 9.18. The maximum absolute atomic E-state index is 13.3. The highest BCUT2D eigenvalue weighted by Gasteiger charge is 2.34. The van der Waals surface area contributed by atoms with Crippen molar-refractivity contribution in [2.24, 2.45) is 0 Å². The number of rotatable bonds is 5. The monoisotopic (exact) mass is 479 g/mol. The van der Waals surface area contributed by atoms with Gasteiger partial charge in [0.25, 0.3) is 5.91 Å². The van der Waals surface area contributed by atoms with Crippen LogP contribution >= 0.6 is 11.6 Å². The standard InChI is InChI=1S/C23H25ClF3N5O/c1-12(2)18-10-20(32-31-18)22(33)29-15-6-4-14(5-7-15)28-19-11-21(23(25,26)27)30-17-8-3-13(24)9-16(17)19/h3,8-12,14-15H,4-7H2,1-2H3,(H,28,30)(H,29,33)(H,31,32)/t14-,15+. The smallest absolute Gasteiger partial charge is 0.382 e. The van der Waals surface area contributed by atoms with Crippen molar-refractivity contribution in [1.29, 1.82) is 0 Å². The zero-order valence-electron chi connectivity index (χ0n) is 18.3. The number of halogens is 4. The van der Waals surface area contributed by atoms with Gasteiger partial charge in [-0.1, -0.05) is 25.4 Å². The summed E-state index contributed by atoms with van der Waals surface area (Å²) >= 11 is 6.07. The van der Waals surface area contributed by atoms with Gasteiger partial charge in [-0.05, 0) is 61.9 Å². The first kappa shape index (κ1) is 23.4. The van der Waals surface area contributed by atoms with Crippen molar-refractivity contribution in [3.8, 4) is 0 Å². The van der Waals surface area contributed by atoms with Crippen molar-refractivity contribution in [3.05, 3.63) is 52.4 Å². The summed E-state index contributed by atoms with van der Waals surface area (Å²) in [5.74, 6) is 0.0247. The van der Waals surface area contributed by atoms with Crippen LogP contribution in [0, 0.1) is 0 Å². The zero-order chi connectivity index (χ0) is 23.8. The van der Waals surface area contributed by atoms with Crippen LogP contribution in [0.1, 0.15) is 67.3 Å². The molecule has 0 unspecified atom stereocenters. The fourth-order valence-corrected chi connectivity index (χ4v) is 4.24. The summed E-state index contributed by atoms with van der Waals surface area (Å²) in [4.78, 5) is 16.2. The summed E-state index contributed by atoms with van der Waals surface area (Å²) in [6.45, 7) is 4.03. The molecule has 0 bridgehead atoms. The van der Waals surface area contributed by atoms with E-state index in [0.29, 0.717) is 47.5 Å². The zero-order valence-corrected chi connectivity index (χ0v) is 19.0. The Morgan fingerprint density at radius 2 is 1.82 bits per heavy atom. The van der Waals surface area contributed by atoms with Crippen LogP contribution in [0.15, 0.2) is 30.3 Å². The number of benzene rings is 1. The molecule has 6 nitrogen and oxygen atoms in total. The quantitative estimate of drug-likeness (QED) is 0.425. The van der Waals surface area contributed by atoms with Crippen LogP contribution in [-0.4, -0.2) is 33.2 Å². The molecule has 2 heterocycles. The lowest BCUT2D eigenvalue weighted by molar-refractivity contribution is -0.140. The number of H-pyrrole nitrogens is 1. The minimum absolute atomic E-state index is 0.0101. The Balaban J connectivity index is 1.42. The predicted molar refractivity (Wildman–Crippen MR) is 122 cm³/mol. The summed E-state index contributed by atoms with van der Waals surface area (Å²) in [5.41, 5.74) is 0.910. The molecular weight excluding hydrogens is 455 g/mol. The van der Waals surface area contributed by atoms with E-state index in [1.165, 1.54) is 12.1 Å². The number of aromatic nitrogens is 3. The Morgan fingerprint density at radius 3 is 2.45 bits per heavy atom. The molecule has 0 saturated heterocycles. The lowest BCUT2D eigenvalue weighted by Crippen LogP contribution is -2.40. The van der Waals surface area contributed by atoms with E-state index in [4.69, 9.17) is 11.6 Å². The summed E-state index contributed by atoms with van der Waals surface area (Å²) in [6, 6.07) is 7.39. The molecule has 33 heavy (non-hydrogen) atoms. The van der Waals surface area contributed by atoms with Gasteiger partial charge < -0.3 is 10.6 Å². The molecule has 1 aliphatic rings. The third-order valence-electron chi connectivity index (χ3n) is 5.94. The molecule has 1 aromatic carbocycles. The van der Waals surface area contributed by atoms with E-state index in [1.807, 2.05) is 13.8 Å². The van der Waals surface area contributed by atoms with E-state index in [-0.39, 0.29) is 29.4 Å². The second kappa shape index (κ2) is 9.21. The Morgan fingerprint density at radius 1 is 1.12 bits per heavy atom. The lowest BCUT2D eigenvalue weighted by atomic mass is 9.90. The number of fused-ring (bicyclic) bond motifs is 1. The number of alkyl halides is 3. The van der Waals surface area contributed by atoms with Crippen LogP contribution in [0.4, 0.5) is 18.9 Å². The Kier molecular flexibility index (Phi) is 6.52. The summed E-state index contributed by atoms with van der Waals surface area (Å²) in [5, 5.41) is 14.2. The molecule has 1 fully saturated rings. The highest BCUT2D eigenvalue weighted by atomic mass is 35.5. The molecule has 0 aliphatic heterocycles. The van der Waals surface area contributed by atoms with Crippen LogP contribution in [0.5, 0.6) is 0 Å². The molecule has 4 rings (SSSR count). The molecule has 3 N–H and O–H groups in total. The molecule has 0 radical (unpaired) electrons. The van der Waals surface area contributed by atoms with Crippen LogP contribution in [-0.2, 0) is 6.18 Å². The predicted octanol–water partition coefficient (Wildman–Crippen LogP) is 5.91. The van der Waals surface area contributed by atoms with E-state index in [9.17, 15) is 18.0 Å². The second-order valence-electron chi connectivity index (χ2n) is 8.74. The Labute approximate surface area is 194 Å². The SMILES string of the molecule is CC(C)c1cc(C(=O)N[C@H]2CC[C@@H](Nc3cc(C(F)(F)F)nc4ccc(Cl)cc34)CC2)n[nH]1. The van der Waals surface area contributed by atoms with Crippen LogP contribution in [0.25, 0.3) is 10.9 Å². The van der Waals surface area contributed by atoms with Crippen molar-refractivity contribution in [1.82, 2.24) is 20.5 Å². The van der Waals surface area contributed by atoms with Crippen LogP contribution in [0.3, 0.4) is 0 Å². The maximum Gasteiger partial charge on any atom is 0.433 e. The van der Waals surface area contributed by atoms with E-state index in [2.05, 4.69) is 25.8 Å². The molecule has 10 heteroatoms. The first-order valence-corrected chi connectivity index (χ1v) is 11.3.